The first-order valence-corrected chi connectivity index (χ1v) is 5.03. The number of carboxylic acids is 1. The van der Waals surface area contributed by atoms with Gasteiger partial charge in [-0.3, -0.25) is 4.79 Å². The maximum absolute atomic E-state index is 10.9. The van der Waals surface area contributed by atoms with Gasteiger partial charge in [0, 0.05) is 6.54 Å². The summed E-state index contributed by atoms with van der Waals surface area (Å²) in [6.07, 6.45) is 1.20. The van der Waals surface area contributed by atoms with Crippen LogP contribution < -0.4 is 11.1 Å². The predicted octanol–water partition coefficient (Wildman–Crippen LogP) is -1.76. The van der Waals surface area contributed by atoms with Gasteiger partial charge in [0.05, 0.1) is 0 Å². The molecule has 0 saturated carbocycles. The van der Waals surface area contributed by atoms with Crippen LogP contribution in [0, 0.1) is 5.92 Å². The van der Waals surface area contributed by atoms with Gasteiger partial charge in [-0.2, -0.15) is 0 Å². The Hall–Kier alpha value is -0.625. The third-order valence-corrected chi connectivity index (χ3v) is 2.79. The van der Waals surface area contributed by atoms with E-state index in [0.717, 1.165) is 0 Å². The van der Waals surface area contributed by atoms with Crippen molar-refractivity contribution in [3.63, 3.8) is 0 Å². The van der Waals surface area contributed by atoms with E-state index < -0.39 is 18.6 Å². The summed E-state index contributed by atoms with van der Waals surface area (Å²) in [5.74, 6) is -0.925. The Balaban J connectivity index is 2.45. The van der Waals surface area contributed by atoms with Gasteiger partial charge in [0.25, 0.3) is 0 Å². The Kier molecular flexibility index (Phi) is 4.09. The minimum absolute atomic E-state index is 0.0849. The molecule has 6 N–H and O–H groups in total. The van der Waals surface area contributed by atoms with Gasteiger partial charge in [-0.05, 0) is 25.2 Å². The summed E-state index contributed by atoms with van der Waals surface area (Å²) in [5, 5.41) is 29.3. The van der Waals surface area contributed by atoms with Gasteiger partial charge in [0.2, 0.25) is 0 Å². The van der Waals surface area contributed by atoms with Gasteiger partial charge in [-0.25, -0.2) is 0 Å². The fraction of sp³-hybridized carbons (Fsp3) is 0.875. The van der Waals surface area contributed by atoms with Crippen molar-refractivity contribution in [2.45, 2.75) is 24.7 Å². The van der Waals surface area contributed by atoms with Crippen molar-refractivity contribution >= 4 is 13.1 Å². The number of nitrogens with two attached hydrogens (primary N) is 1. The standard InChI is InChI=1S/C8H17BN2O4/c10-8(7(12)13)3-6(4-11-5-8)1-2-9(14)15/h6,11,14-15H,1-5,10H2,(H,12,13)/t6-,8+/m0/s1. The molecule has 1 heterocycles. The molecule has 0 aromatic heterocycles. The molecule has 86 valence electrons. The zero-order valence-corrected chi connectivity index (χ0v) is 8.52. The monoisotopic (exact) mass is 216 g/mol. The molecule has 0 aromatic carbocycles. The molecule has 7 heteroatoms. The first-order valence-electron chi connectivity index (χ1n) is 5.03. The number of aliphatic carboxylic acids is 1. The summed E-state index contributed by atoms with van der Waals surface area (Å²) in [6.45, 7) is 0.944. The minimum Gasteiger partial charge on any atom is -0.480 e. The van der Waals surface area contributed by atoms with Gasteiger partial charge in [0.15, 0.2) is 0 Å². The average Bonchev–Trinajstić information content (AvgIpc) is 2.15. The molecular formula is C8H17BN2O4. The Morgan fingerprint density at radius 3 is 2.80 bits per heavy atom. The molecule has 0 unspecified atom stereocenters. The third-order valence-electron chi connectivity index (χ3n) is 2.79. The van der Waals surface area contributed by atoms with Crippen LogP contribution in [0.5, 0.6) is 0 Å². The lowest BCUT2D eigenvalue weighted by molar-refractivity contribution is -0.144. The van der Waals surface area contributed by atoms with Gasteiger partial charge in [-0.1, -0.05) is 6.42 Å². The van der Waals surface area contributed by atoms with E-state index in [2.05, 4.69) is 5.32 Å². The number of nitrogens with one attached hydrogen (secondary N) is 1. The smallest absolute Gasteiger partial charge is 0.451 e. The van der Waals surface area contributed by atoms with Crippen LogP contribution in [0.4, 0.5) is 0 Å². The first-order chi connectivity index (χ1) is 6.94. The molecule has 1 fully saturated rings. The van der Waals surface area contributed by atoms with Crippen molar-refractivity contribution in [3.05, 3.63) is 0 Å². The van der Waals surface area contributed by atoms with Crippen LogP contribution in [0.15, 0.2) is 0 Å². The molecule has 1 saturated heterocycles. The first kappa shape index (κ1) is 12.4. The highest BCUT2D eigenvalue weighted by Gasteiger charge is 2.39. The number of hydrogen-bond acceptors (Lipinski definition) is 5. The van der Waals surface area contributed by atoms with Crippen LogP contribution in [0.1, 0.15) is 12.8 Å². The summed E-state index contributed by atoms with van der Waals surface area (Å²) in [4.78, 5) is 10.9. The van der Waals surface area contributed by atoms with Gasteiger partial charge >= 0.3 is 13.1 Å². The molecule has 15 heavy (non-hydrogen) atoms. The summed E-state index contributed by atoms with van der Waals surface area (Å²) < 4.78 is 0. The molecule has 0 bridgehead atoms. The Morgan fingerprint density at radius 2 is 2.27 bits per heavy atom. The Labute approximate surface area is 88.6 Å². The van der Waals surface area contributed by atoms with Crippen LogP contribution >= 0.6 is 0 Å². The van der Waals surface area contributed by atoms with Crippen LogP contribution in [0.3, 0.4) is 0 Å². The van der Waals surface area contributed by atoms with E-state index in [1.807, 2.05) is 0 Å². The summed E-state index contributed by atoms with van der Waals surface area (Å²) >= 11 is 0. The highest BCUT2D eigenvalue weighted by atomic mass is 16.4. The predicted molar refractivity (Wildman–Crippen MR) is 55.1 cm³/mol. The molecule has 6 nitrogen and oxygen atoms in total. The fourth-order valence-electron chi connectivity index (χ4n) is 1.91. The van der Waals surface area contributed by atoms with Gasteiger partial charge in [-0.15, -0.1) is 0 Å². The normalized spacial score (nSPS) is 31.3. The number of piperidine rings is 1. The molecule has 0 spiro atoms. The van der Waals surface area contributed by atoms with E-state index in [0.29, 0.717) is 19.4 Å². The number of rotatable bonds is 4. The lowest BCUT2D eigenvalue weighted by Gasteiger charge is -2.35. The largest absolute Gasteiger partial charge is 0.480 e. The summed E-state index contributed by atoms with van der Waals surface area (Å²) in [5.41, 5.74) is 4.49. The third kappa shape index (κ3) is 3.46. The minimum atomic E-state index is -1.33. The zero-order chi connectivity index (χ0) is 11.5. The SMILES string of the molecule is N[C@@]1(C(=O)O)CNC[C@@H](CCB(O)O)C1. The number of hydrogen-bond donors (Lipinski definition) is 5. The Morgan fingerprint density at radius 1 is 1.60 bits per heavy atom. The van der Waals surface area contributed by atoms with Crippen molar-refractivity contribution in [2.75, 3.05) is 13.1 Å². The molecule has 0 radical (unpaired) electrons. The zero-order valence-electron chi connectivity index (χ0n) is 8.52. The molecule has 2 atom stereocenters. The summed E-state index contributed by atoms with van der Waals surface area (Å²) in [7, 11) is -1.33. The van der Waals surface area contributed by atoms with Crippen LogP contribution in [0.25, 0.3) is 0 Å². The average molecular weight is 216 g/mol. The van der Waals surface area contributed by atoms with Crippen LogP contribution in [-0.2, 0) is 4.79 Å². The highest BCUT2D eigenvalue weighted by Crippen LogP contribution is 2.23. The second-order valence-electron chi connectivity index (χ2n) is 4.22. The molecule has 0 amide bonds. The number of carbonyl (C=O) groups is 1. The van der Waals surface area contributed by atoms with E-state index in [-0.39, 0.29) is 18.8 Å². The lowest BCUT2D eigenvalue weighted by atomic mass is 9.76. The Bertz CT molecular complexity index is 239. The second kappa shape index (κ2) is 4.93. The van der Waals surface area contributed by atoms with Gasteiger partial charge in [0.1, 0.15) is 5.54 Å². The van der Waals surface area contributed by atoms with Crippen LogP contribution in [-0.4, -0.2) is 46.9 Å². The maximum atomic E-state index is 10.9. The second-order valence-corrected chi connectivity index (χ2v) is 4.22. The van der Waals surface area contributed by atoms with Crippen LogP contribution in [0.2, 0.25) is 6.32 Å². The summed E-state index contributed by atoms with van der Waals surface area (Å²) in [6, 6.07) is 0. The highest BCUT2D eigenvalue weighted by molar-refractivity contribution is 6.40. The van der Waals surface area contributed by atoms with Crippen molar-refractivity contribution in [3.8, 4) is 0 Å². The molecule has 1 aliphatic rings. The molecule has 0 aliphatic carbocycles. The number of carboxylic acid groups (broad SMARTS) is 1. The van der Waals surface area contributed by atoms with Gasteiger partial charge < -0.3 is 26.2 Å². The quantitative estimate of drug-likeness (QED) is 0.355. The molecule has 1 aliphatic heterocycles. The maximum Gasteiger partial charge on any atom is 0.451 e. The van der Waals surface area contributed by atoms with E-state index in [9.17, 15) is 4.79 Å². The molecule has 0 aromatic rings. The fourth-order valence-corrected chi connectivity index (χ4v) is 1.91. The van der Waals surface area contributed by atoms with Crippen molar-refractivity contribution < 1.29 is 19.9 Å². The lowest BCUT2D eigenvalue weighted by Crippen LogP contribution is -2.60. The topological polar surface area (TPSA) is 116 Å². The van der Waals surface area contributed by atoms with E-state index >= 15 is 0 Å². The van der Waals surface area contributed by atoms with Crippen molar-refractivity contribution in [1.29, 1.82) is 0 Å². The van der Waals surface area contributed by atoms with Crippen molar-refractivity contribution in [1.82, 2.24) is 5.32 Å². The van der Waals surface area contributed by atoms with Crippen molar-refractivity contribution in [2.24, 2.45) is 11.7 Å². The molecular weight excluding hydrogens is 199 g/mol. The molecule has 1 rings (SSSR count). The van der Waals surface area contributed by atoms with E-state index in [1.54, 1.807) is 0 Å². The van der Waals surface area contributed by atoms with E-state index in [4.69, 9.17) is 20.9 Å². The van der Waals surface area contributed by atoms with E-state index in [1.165, 1.54) is 0 Å².